The van der Waals surface area contributed by atoms with Crippen LogP contribution in [-0.4, -0.2) is 149 Å². The van der Waals surface area contributed by atoms with E-state index >= 15 is 0 Å². The molecule has 0 aromatic carbocycles. The fourth-order valence-corrected chi connectivity index (χ4v) is 9.37. The quantitative estimate of drug-likeness (QED) is 0.0280. The van der Waals surface area contributed by atoms with Crippen molar-refractivity contribution in [3.8, 4) is 0 Å². The van der Waals surface area contributed by atoms with Crippen LogP contribution in [0.4, 0.5) is 11.6 Å². The highest BCUT2D eigenvalue weighted by Crippen LogP contribution is 2.51. The first-order valence-corrected chi connectivity index (χ1v) is 25.3. The van der Waals surface area contributed by atoms with Crippen LogP contribution in [0.2, 0.25) is 0 Å². The minimum atomic E-state index is -5.42. The molecule has 382 valence electrons. The summed E-state index contributed by atoms with van der Waals surface area (Å²) in [5, 5.41) is 14.5. The Morgan fingerprint density at radius 3 is 2.41 bits per heavy atom. The molecule has 4 saturated heterocycles. The third-order valence-corrected chi connectivity index (χ3v) is 12.9. The van der Waals surface area contributed by atoms with E-state index in [1.165, 1.54) is 23.2 Å². The SMILES string of the molecule is C=CCCC(=O)N[C@@H](CCCCOC1CCCCO1)C(=O)OC1C(COP(=O)(O)O[C@H]2[C@@H](OC3CCCO3)[C@H](n3ccc(N)nc3=O)O[C@@H]2COP(=O)(O)O)OC(n2cnc3c(N)ncnc32)C1O. The van der Waals surface area contributed by atoms with Gasteiger partial charge in [-0.15, -0.1) is 6.58 Å². The molecule has 9 N–H and O–H groups in total. The number of nitrogens with one attached hydrogen (secondary N) is 1. The highest BCUT2D eigenvalue weighted by Gasteiger charge is 2.54. The van der Waals surface area contributed by atoms with Gasteiger partial charge < -0.3 is 69.7 Å². The third kappa shape index (κ3) is 14.0. The number of anilines is 2. The van der Waals surface area contributed by atoms with Gasteiger partial charge in [-0.3, -0.25) is 27.5 Å². The number of carbonyl (C=O) groups is 2. The van der Waals surface area contributed by atoms with Crippen molar-refractivity contribution in [2.75, 3.05) is 44.5 Å². The maximum absolute atomic E-state index is 14.1. The molecule has 0 saturated carbocycles. The lowest BCUT2D eigenvalue weighted by atomic mass is 10.1. The lowest BCUT2D eigenvalue weighted by Crippen LogP contribution is -2.46. The number of allylic oxidation sites excluding steroid dienone is 1. The fraction of sp³-hybridized carbons (Fsp3) is 0.667. The monoisotopic (exact) mass is 1020 g/mol. The maximum atomic E-state index is 14.1. The number of fused-ring (bicyclic) bond motifs is 1. The van der Waals surface area contributed by atoms with Gasteiger partial charge in [0.1, 0.15) is 54.2 Å². The molecule has 0 radical (unpaired) electrons. The lowest BCUT2D eigenvalue weighted by molar-refractivity contribution is -0.181. The molecular weight excluding hydrogens is 960 g/mol. The topological polar surface area (TPSA) is 384 Å². The number of unbranched alkanes of at least 4 members (excludes halogenated alkanes) is 1. The Balaban J connectivity index is 1.12. The van der Waals surface area contributed by atoms with Crippen LogP contribution < -0.4 is 22.5 Å². The minimum Gasteiger partial charge on any atom is -0.455 e. The van der Waals surface area contributed by atoms with Crippen molar-refractivity contribution in [3.63, 3.8) is 0 Å². The maximum Gasteiger partial charge on any atom is 0.472 e. The van der Waals surface area contributed by atoms with Crippen LogP contribution in [0, 0.1) is 0 Å². The molecule has 1 amide bonds. The number of hydrogen-bond donors (Lipinski definition) is 7. The normalized spacial score (nSPS) is 28.6. The van der Waals surface area contributed by atoms with Gasteiger partial charge in [0.2, 0.25) is 5.91 Å². The Kier molecular flexibility index (Phi) is 18.0. The summed E-state index contributed by atoms with van der Waals surface area (Å²) in [6.45, 7) is 2.97. The second kappa shape index (κ2) is 23.7. The zero-order chi connectivity index (χ0) is 49.3. The van der Waals surface area contributed by atoms with Crippen LogP contribution in [0.25, 0.3) is 11.2 Å². The number of hydrogen-bond acceptors (Lipinski definition) is 22. The molecule has 4 aliphatic heterocycles. The first kappa shape index (κ1) is 52.5. The largest absolute Gasteiger partial charge is 0.472 e. The highest BCUT2D eigenvalue weighted by molar-refractivity contribution is 7.47. The molecule has 28 nitrogen and oxygen atoms in total. The number of phosphoric ester groups is 2. The molecule has 69 heavy (non-hydrogen) atoms. The summed E-state index contributed by atoms with van der Waals surface area (Å²) in [7, 11) is -10.6. The van der Waals surface area contributed by atoms with Crippen molar-refractivity contribution in [3.05, 3.63) is 48.1 Å². The van der Waals surface area contributed by atoms with Crippen molar-refractivity contribution in [1.82, 2.24) is 34.4 Å². The van der Waals surface area contributed by atoms with Crippen LogP contribution in [0.15, 0.2) is 42.4 Å². The molecule has 30 heteroatoms. The predicted molar refractivity (Wildman–Crippen MR) is 234 cm³/mol. The van der Waals surface area contributed by atoms with Gasteiger partial charge in [0.25, 0.3) is 0 Å². The van der Waals surface area contributed by atoms with Gasteiger partial charge in [0.05, 0.1) is 19.5 Å². The Morgan fingerprint density at radius 1 is 0.942 bits per heavy atom. The third-order valence-electron chi connectivity index (χ3n) is 11.4. The standard InChI is InChI=1S/C39H57N9O19P2/c1-2-3-10-26(49)45-22(9-4-6-15-58-27-11-5-7-16-59-27)38(51)66-31-23(63-36(30(31)50)48-21-44-29-34(41)42-20-43-35(29)48)19-62-69(56,57)67-32-24(18-61-68(53,54)55)64-37(33(32)65-28-12-8-17-60-28)47-14-13-25(40)46-39(47)52/h2,13-14,20-24,27-28,30-33,36-37,50H,1,3-12,15-19H2,(H,45,49)(H,56,57)(H2,40,46,52)(H2,41,42,43)(H2,53,54,55)/t22-,23?,24+,27?,28?,30?,31?,32+,33+,36?,37+/m0/s1. The van der Waals surface area contributed by atoms with E-state index in [9.17, 15) is 43.3 Å². The van der Waals surface area contributed by atoms with Gasteiger partial charge in [-0.05, 0) is 57.4 Å². The Bertz CT molecular complexity index is 2380. The number of esters is 1. The number of rotatable bonds is 24. The molecule has 7 unspecified atom stereocenters. The molecule has 4 aliphatic rings. The van der Waals surface area contributed by atoms with Crippen molar-refractivity contribution in [1.29, 1.82) is 0 Å². The lowest BCUT2D eigenvalue weighted by Gasteiger charge is -2.29. The van der Waals surface area contributed by atoms with E-state index in [1.807, 2.05) is 0 Å². The summed E-state index contributed by atoms with van der Waals surface area (Å²) in [6, 6.07) is 0.0228. The van der Waals surface area contributed by atoms with Gasteiger partial charge in [0.15, 0.2) is 42.6 Å². The van der Waals surface area contributed by atoms with Crippen molar-refractivity contribution in [2.24, 2.45) is 0 Å². The number of nitrogen functional groups attached to an aromatic ring is 2. The number of carbonyl (C=O) groups excluding carboxylic acids is 2. The number of aromatic nitrogens is 6. The van der Waals surface area contributed by atoms with Gasteiger partial charge in [-0.1, -0.05) is 6.08 Å². The molecular formula is C39H57N9O19P2. The van der Waals surface area contributed by atoms with E-state index in [4.69, 9.17) is 58.2 Å². The molecule has 7 rings (SSSR count). The van der Waals surface area contributed by atoms with Gasteiger partial charge in [0, 0.05) is 38.9 Å². The molecule has 3 aromatic heterocycles. The van der Waals surface area contributed by atoms with Crippen LogP contribution in [0.1, 0.15) is 76.7 Å². The van der Waals surface area contributed by atoms with Crippen molar-refractivity contribution >= 4 is 50.3 Å². The zero-order valence-corrected chi connectivity index (χ0v) is 39.0. The Labute approximate surface area is 393 Å². The Morgan fingerprint density at radius 2 is 1.68 bits per heavy atom. The van der Waals surface area contributed by atoms with Crippen LogP contribution in [0.3, 0.4) is 0 Å². The second-order valence-electron chi connectivity index (χ2n) is 16.4. The summed E-state index contributed by atoms with van der Waals surface area (Å²) in [5.74, 6) is -1.61. The number of nitrogens with two attached hydrogens (primary N) is 2. The number of nitrogens with zero attached hydrogens (tertiary/aromatic N) is 6. The first-order valence-electron chi connectivity index (χ1n) is 22.2. The first-order chi connectivity index (χ1) is 33.0. The summed E-state index contributed by atoms with van der Waals surface area (Å²) < 4.78 is 85.1. The fourth-order valence-electron chi connectivity index (χ4n) is 8.07. The van der Waals surface area contributed by atoms with Crippen LogP contribution >= 0.6 is 15.6 Å². The Hall–Kier alpha value is -4.35. The molecule has 0 bridgehead atoms. The van der Waals surface area contributed by atoms with Crippen molar-refractivity contribution in [2.45, 2.75) is 132 Å². The average molecular weight is 1020 g/mol. The number of imidazole rings is 1. The molecule has 7 heterocycles. The summed E-state index contributed by atoms with van der Waals surface area (Å²) in [6.07, 6.45) is -4.08. The van der Waals surface area contributed by atoms with Gasteiger partial charge in [-0.2, -0.15) is 4.98 Å². The number of ether oxygens (including phenoxy) is 7. The summed E-state index contributed by atoms with van der Waals surface area (Å²) in [4.78, 5) is 86.6. The average Bonchev–Trinajstić information content (AvgIpc) is 4.11. The smallest absolute Gasteiger partial charge is 0.455 e. The molecule has 4 fully saturated rings. The van der Waals surface area contributed by atoms with E-state index in [2.05, 4.69) is 31.8 Å². The van der Waals surface area contributed by atoms with Crippen molar-refractivity contribution < 1.29 is 85.2 Å². The van der Waals surface area contributed by atoms with Gasteiger partial charge in [-0.25, -0.2) is 33.7 Å². The van der Waals surface area contributed by atoms with Crippen LogP contribution in [0.5, 0.6) is 0 Å². The van der Waals surface area contributed by atoms with E-state index in [0.717, 1.165) is 30.2 Å². The summed E-state index contributed by atoms with van der Waals surface area (Å²) >= 11 is 0. The van der Waals surface area contributed by atoms with E-state index < -0.39 is 108 Å². The molecule has 3 aromatic rings. The molecule has 12 atom stereocenters. The minimum absolute atomic E-state index is 0.00103. The highest BCUT2D eigenvalue weighted by atomic mass is 31.2. The molecule has 0 aliphatic carbocycles. The predicted octanol–water partition coefficient (Wildman–Crippen LogP) is 0.613. The number of aliphatic hydroxyl groups is 1. The van der Waals surface area contributed by atoms with E-state index in [1.54, 1.807) is 6.08 Å². The second-order valence-corrected chi connectivity index (χ2v) is 19.1. The number of phosphoric acid groups is 2. The van der Waals surface area contributed by atoms with E-state index in [-0.39, 0.29) is 48.5 Å². The zero-order valence-electron chi connectivity index (χ0n) is 37.2. The summed E-state index contributed by atoms with van der Waals surface area (Å²) in [5.41, 5.74) is 11.0. The number of aliphatic hydroxyl groups excluding tert-OH is 1. The van der Waals surface area contributed by atoms with Crippen LogP contribution in [-0.2, 0) is 65.4 Å². The molecule has 0 spiro atoms. The van der Waals surface area contributed by atoms with Gasteiger partial charge >= 0.3 is 27.3 Å². The van der Waals surface area contributed by atoms with E-state index in [0.29, 0.717) is 45.3 Å². The number of amides is 1.